The highest BCUT2D eigenvalue weighted by Gasteiger charge is 1.95. The van der Waals surface area contributed by atoms with Crippen LogP contribution < -0.4 is 10.2 Å². The van der Waals surface area contributed by atoms with Gasteiger partial charge in [-0.3, -0.25) is 0 Å². The standard InChI is InChI=1S/C14H14.C8H6O4/c1-3-7-13(8-4-1)11-12-14-9-5-2-6-10-14;9-7(10)5-1-2-6(4-3-5)8(11)12/h1-10H,11-12H2;1-4H,(H,9,10)(H,11,12)/p-2. The van der Waals surface area contributed by atoms with Crippen LogP contribution in [0.3, 0.4) is 0 Å². The number of carbonyl (C=O) groups is 2. The van der Waals surface area contributed by atoms with Crippen LogP contribution in [0, 0.1) is 0 Å². The molecule has 0 unspecified atom stereocenters. The lowest BCUT2D eigenvalue weighted by atomic mass is 10.0. The van der Waals surface area contributed by atoms with Gasteiger partial charge in [-0.2, -0.15) is 0 Å². The number of carboxylic acids is 2. The van der Waals surface area contributed by atoms with Crippen LogP contribution in [0.15, 0.2) is 84.9 Å². The summed E-state index contributed by atoms with van der Waals surface area (Å²) >= 11 is 0. The normalized spacial score (nSPS) is 9.69. The molecular formula is C22H18O4-2. The minimum absolute atomic E-state index is 0.0556. The first-order valence-electron chi connectivity index (χ1n) is 8.17. The zero-order chi connectivity index (χ0) is 18.8. The van der Waals surface area contributed by atoms with Crippen LogP contribution in [0.1, 0.15) is 31.8 Å². The summed E-state index contributed by atoms with van der Waals surface area (Å²) in [5.41, 5.74) is 2.72. The van der Waals surface area contributed by atoms with E-state index in [1.165, 1.54) is 11.1 Å². The van der Waals surface area contributed by atoms with Crippen molar-refractivity contribution in [2.24, 2.45) is 0 Å². The molecule has 0 radical (unpaired) electrons. The molecule has 0 aliphatic heterocycles. The number of aryl methyl sites for hydroxylation is 2. The first kappa shape index (κ1) is 18.9. The van der Waals surface area contributed by atoms with Gasteiger partial charge < -0.3 is 19.8 Å². The lowest BCUT2D eigenvalue weighted by Crippen LogP contribution is -2.24. The van der Waals surface area contributed by atoms with Gasteiger partial charge in [0.05, 0.1) is 11.9 Å². The number of rotatable bonds is 5. The molecule has 0 atom stereocenters. The second-order valence-corrected chi connectivity index (χ2v) is 5.62. The van der Waals surface area contributed by atoms with Crippen molar-refractivity contribution in [3.05, 3.63) is 107 Å². The van der Waals surface area contributed by atoms with Crippen LogP contribution in [0.2, 0.25) is 0 Å². The van der Waals surface area contributed by atoms with Gasteiger partial charge >= 0.3 is 0 Å². The molecule has 0 amide bonds. The average Bonchev–Trinajstić information content (AvgIpc) is 2.68. The summed E-state index contributed by atoms with van der Waals surface area (Å²) in [5, 5.41) is 20.4. The van der Waals surface area contributed by atoms with Gasteiger partial charge in [0.25, 0.3) is 0 Å². The summed E-state index contributed by atoms with van der Waals surface area (Å²) in [4.78, 5) is 20.4. The van der Waals surface area contributed by atoms with Crippen molar-refractivity contribution in [2.75, 3.05) is 0 Å². The van der Waals surface area contributed by atoms with Crippen molar-refractivity contribution in [3.8, 4) is 0 Å². The Kier molecular flexibility index (Phi) is 7.13. The first-order valence-corrected chi connectivity index (χ1v) is 8.17. The summed E-state index contributed by atoms with van der Waals surface area (Å²) in [6.45, 7) is 0. The summed E-state index contributed by atoms with van der Waals surface area (Å²) in [6, 6.07) is 25.9. The molecule has 0 N–H and O–H groups in total. The van der Waals surface area contributed by atoms with E-state index < -0.39 is 11.9 Å². The maximum absolute atomic E-state index is 10.2. The zero-order valence-electron chi connectivity index (χ0n) is 14.1. The molecule has 0 saturated carbocycles. The Labute approximate surface area is 152 Å². The Morgan fingerprint density at radius 2 is 0.846 bits per heavy atom. The Balaban J connectivity index is 0.000000190. The Hall–Kier alpha value is -3.40. The third-order valence-electron chi connectivity index (χ3n) is 3.74. The predicted octanol–water partition coefficient (Wildman–Crippen LogP) is 1.89. The van der Waals surface area contributed by atoms with Crippen molar-refractivity contribution in [1.29, 1.82) is 0 Å². The second-order valence-electron chi connectivity index (χ2n) is 5.62. The van der Waals surface area contributed by atoms with Crippen LogP contribution in [0.25, 0.3) is 0 Å². The third kappa shape index (κ3) is 6.24. The number of hydrogen-bond donors (Lipinski definition) is 0. The molecule has 4 heteroatoms. The first-order chi connectivity index (χ1) is 12.6. The molecule has 132 valence electrons. The fourth-order valence-electron chi connectivity index (χ4n) is 2.32. The van der Waals surface area contributed by atoms with E-state index in [2.05, 4.69) is 60.7 Å². The Morgan fingerprint density at radius 3 is 1.12 bits per heavy atom. The fourth-order valence-corrected chi connectivity index (χ4v) is 2.32. The van der Waals surface area contributed by atoms with E-state index in [4.69, 9.17) is 0 Å². The topological polar surface area (TPSA) is 80.3 Å². The largest absolute Gasteiger partial charge is 0.545 e. The molecule has 0 bridgehead atoms. The van der Waals surface area contributed by atoms with E-state index in [0.29, 0.717) is 0 Å². The summed E-state index contributed by atoms with van der Waals surface area (Å²) in [7, 11) is 0. The van der Waals surface area contributed by atoms with Crippen molar-refractivity contribution in [3.63, 3.8) is 0 Å². The molecule has 0 saturated heterocycles. The van der Waals surface area contributed by atoms with E-state index in [1.807, 2.05) is 0 Å². The smallest absolute Gasteiger partial charge is 0.0715 e. The Morgan fingerprint density at radius 1 is 0.538 bits per heavy atom. The summed E-state index contributed by atoms with van der Waals surface area (Å²) in [6.07, 6.45) is 2.26. The fraction of sp³-hybridized carbons (Fsp3) is 0.0909. The van der Waals surface area contributed by atoms with E-state index in [-0.39, 0.29) is 11.1 Å². The van der Waals surface area contributed by atoms with E-state index >= 15 is 0 Å². The van der Waals surface area contributed by atoms with Crippen LogP contribution in [-0.2, 0) is 12.8 Å². The van der Waals surface area contributed by atoms with Gasteiger partial charge in [0, 0.05) is 0 Å². The molecule has 0 heterocycles. The predicted molar refractivity (Wildman–Crippen MR) is 95.4 cm³/mol. The van der Waals surface area contributed by atoms with Gasteiger partial charge in [-0.25, -0.2) is 0 Å². The van der Waals surface area contributed by atoms with Gasteiger partial charge in [0.2, 0.25) is 0 Å². The molecule has 0 aliphatic carbocycles. The van der Waals surface area contributed by atoms with E-state index in [9.17, 15) is 19.8 Å². The molecule has 26 heavy (non-hydrogen) atoms. The molecule has 3 rings (SSSR count). The zero-order valence-corrected chi connectivity index (χ0v) is 14.1. The molecule has 0 aromatic heterocycles. The van der Waals surface area contributed by atoms with Crippen molar-refractivity contribution < 1.29 is 19.8 Å². The third-order valence-corrected chi connectivity index (χ3v) is 3.74. The van der Waals surface area contributed by atoms with Crippen molar-refractivity contribution >= 4 is 11.9 Å². The highest BCUT2D eigenvalue weighted by atomic mass is 16.4. The molecule has 3 aromatic carbocycles. The molecule has 0 fully saturated rings. The lowest BCUT2D eigenvalue weighted by Gasteiger charge is -2.04. The number of benzene rings is 3. The monoisotopic (exact) mass is 346 g/mol. The van der Waals surface area contributed by atoms with Crippen LogP contribution in [0.4, 0.5) is 0 Å². The van der Waals surface area contributed by atoms with Gasteiger partial charge in [0.15, 0.2) is 0 Å². The number of aromatic carboxylic acids is 2. The van der Waals surface area contributed by atoms with Crippen LogP contribution in [0.5, 0.6) is 0 Å². The van der Waals surface area contributed by atoms with Crippen LogP contribution >= 0.6 is 0 Å². The number of carboxylic acid groups (broad SMARTS) is 2. The molecular weight excluding hydrogens is 328 g/mol. The van der Waals surface area contributed by atoms with Gasteiger partial charge in [-0.05, 0) is 35.1 Å². The Bertz CT molecular complexity index is 753. The maximum Gasteiger partial charge on any atom is 0.0715 e. The molecule has 3 aromatic rings. The number of carbonyl (C=O) groups excluding carboxylic acids is 2. The molecule has 0 spiro atoms. The summed E-state index contributed by atoms with van der Waals surface area (Å²) < 4.78 is 0. The van der Waals surface area contributed by atoms with Crippen molar-refractivity contribution in [2.45, 2.75) is 12.8 Å². The lowest BCUT2D eigenvalue weighted by molar-refractivity contribution is -0.256. The highest BCUT2D eigenvalue weighted by Crippen LogP contribution is 2.06. The summed E-state index contributed by atoms with van der Waals surface area (Å²) in [5.74, 6) is -2.67. The average molecular weight is 346 g/mol. The minimum atomic E-state index is -1.33. The maximum atomic E-state index is 10.2. The van der Waals surface area contributed by atoms with Gasteiger partial charge in [-0.15, -0.1) is 0 Å². The number of hydrogen-bond acceptors (Lipinski definition) is 4. The van der Waals surface area contributed by atoms with Gasteiger partial charge in [-0.1, -0.05) is 84.9 Å². The minimum Gasteiger partial charge on any atom is -0.545 e. The second kappa shape index (κ2) is 9.79. The van der Waals surface area contributed by atoms with E-state index in [1.54, 1.807) is 0 Å². The molecule has 4 nitrogen and oxygen atoms in total. The van der Waals surface area contributed by atoms with Crippen molar-refractivity contribution in [1.82, 2.24) is 0 Å². The van der Waals surface area contributed by atoms with Gasteiger partial charge in [0.1, 0.15) is 0 Å². The quantitative estimate of drug-likeness (QED) is 0.706. The highest BCUT2D eigenvalue weighted by molar-refractivity contribution is 5.89. The SMILES string of the molecule is O=C([O-])c1ccc(C(=O)[O-])cc1.c1ccc(CCc2ccccc2)cc1. The molecule has 0 aliphatic rings. The van der Waals surface area contributed by atoms with E-state index in [0.717, 1.165) is 37.1 Å². The van der Waals surface area contributed by atoms with Crippen LogP contribution in [-0.4, -0.2) is 11.9 Å².